The standard InChI is InChI=1S/C19H17N3O2S/c1-13-7-9-14(10-8-13)11-20-18(24)16-12-25-19(21-16)22-17(23)15-5-3-2-4-6-15/h2-10,12H,11H2,1H3,(H,20,24)(H,21,22,23). The number of amides is 2. The van der Waals surface area contributed by atoms with Crippen LogP contribution in [0.25, 0.3) is 0 Å². The summed E-state index contributed by atoms with van der Waals surface area (Å²) in [6.45, 7) is 2.45. The van der Waals surface area contributed by atoms with Crippen LogP contribution in [0, 0.1) is 6.92 Å². The SMILES string of the molecule is Cc1ccc(CNC(=O)c2csc(NC(=O)c3ccccc3)n2)cc1. The van der Waals surface area contributed by atoms with Crippen LogP contribution in [0.1, 0.15) is 32.0 Å². The highest BCUT2D eigenvalue weighted by atomic mass is 32.1. The van der Waals surface area contributed by atoms with Gasteiger partial charge in [-0.1, -0.05) is 48.0 Å². The van der Waals surface area contributed by atoms with E-state index in [9.17, 15) is 9.59 Å². The number of thiazole rings is 1. The van der Waals surface area contributed by atoms with Crippen LogP contribution in [0.2, 0.25) is 0 Å². The maximum Gasteiger partial charge on any atom is 0.271 e. The summed E-state index contributed by atoms with van der Waals surface area (Å²) in [7, 11) is 0. The molecule has 0 saturated carbocycles. The van der Waals surface area contributed by atoms with Gasteiger partial charge in [-0.15, -0.1) is 11.3 Å². The molecule has 0 unspecified atom stereocenters. The lowest BCUT2D eigenvalue weighted by Gasteiger charge is -2.04. The normalized spacial score (nSPS) is 10.3. The predicted molar refractivity (Wildman–Crippen MR) is 98.9 cm³/mol. The Balaban J connectivity index is 1.58. The van der Waals surface area contributed by atoms with Crippen molar-refractivity contribution >= 4 is 28.3 Å². The van der Waals surface area contributed by atoms with E-state index in [1.807, 2.05) is 37.3 Å². The number of rotatable bonds is 5. The first-order valence-electron chi connectivity index (χ1n) is 7.77. The molecule has 126 valence electrons. The fraction of sp³-hybridized carbons (Fsp3) is 0.105. The van der Waals surface area contributed by atoms with Gasteiger partial charge in [0.25, 0.3) is 11.8 Å². The third-order valence-corrected chi connectivity index (χ3v) is 4.32. The summed E-state index contributed by atoms with van der Waals surface area (Å²) < 4.78 is 0. The van der Waals surface area contributed by atoms with Crippen LogP contribution >= 0.6 is 11.3 Å². The molecule has 2 aromatic carbocycles. The highest BCUT2D eigenvalue weighted by Crippen LogP contribution is 2.16. The van der Waals surface area contributed by atoms with Crippen LogP contribution in [-0.2, 0) is 6.54 Å². The number of anilines is 1. The van der Waals surface area contributed by atoms with Crippen molar-refractivity contribution in [3.63, 3.8) is 0 Å². The van der Waals surface area contributed by atoms with Crippen molar-refractivity contribution < 1.29 is 9.59 Å². The zero-order valence-corrected chi connectivity index (χ0v) is 14.5. The second kappa shape index (κ2) is 7.72. The molecule has 25 heavy (non-hydrogen) atoms. The Hall–Kier alpha value is -2.99. The zero-order valence-electron chi connectivity index (χ0n) is 13.7. The van der Waals surface area contributed by atoms with E-state index in [4.69, 9.17) is 0 Å². The molecule has 0 radical (unpaired) electrons. The van der Waals surface area contributed by atoms with Gasteiger partial charge >= 0.3 is 0 Å². The Morgan fingerprint density at radius 3 is 2.44 bits per heavy atom. The fourth-order valence-corrected chi connectivity index (χ4v) is 2.86. The van der Waals surface area contributed by atoms with Gasteiger partial charge in [0.2, 0.25) is 0 Å². The molecule has 0 bridgehead atoms. The van der Waals surface area contributed by atoms with Crippen LogP contribution in [0.15, 0.2) is 60.0 Å². The molecule has 0 saturated heterocycles. The molecule has 0 aliphatic carbocycles. The number of aryl methyl sites for hydroxylation is 1. The Bertz CT molecular complexity index is 873. The van der Waals surface area contributed by atoms with Crippen molar-refractivity contribution in [3.8, 4) is 0 Å². The fourth-order valence-electron chi connectivity index (χ4n) is 2.17. The summed E-state index contributed by atoms with van der Waals surface area (Å²) in [5.74, 6) is -0.515. The van der Waals surface area contributed by atoms with Crippen molar-refractivity contribution in [2.45, 2.75) is 13.5 Å². The van der Waals surface area contributed by atoms with Gasteiger partial charge in [0.1, 0.15) is 5.69 Å². The Kier molecular flexibility index (Phi) is 5.20. The molecule has 0 atom stereocenters. The molecule has 0 fully saturated rings. The molecule has 1 aromatic heterocycles. The van der Waals surface area contributed by atoms with E-state index in [-0.39, 0.29) is 11.8 Å². The van der Waals surface area contributed by atoms with Crippen LogP contribution in [0.5, 0.6) is 0 Å². The van der Waals surface area contributed by atoms with E-state index >= 15 is 0 Å². The zero-order chi connectivity index (χ0) is 17.6. The minimum absolute atomic E-state index is 0.249. The van der Waals surface area contributed by atoms with Gasteiger partial charge in [-0.25, -0.2) is 4.98 Å². The molecule has 5 nitrogen and oxygen atoms in total. The van der Waals surface area contributed by atoms with Crippen molar-refractivity contribution in [3.05, 3.63) is 82.4 Å². The second-order valence-corrected chi connectivity index (χ2v) is 6.38. The minimum Gasteiger partial charge on any atom is -0.347 e. The summed E-state index contributed by atoms with van der Waals surface area (Å²) in [4.78, 5) is 28.4. The third-order valence-electron chi connectivity index (χ3n) is 3.57. The topological polar surface area (TPSA) is 71.1 Å². The average Bonchev–Trinajstić information content (AvgIpc) is 3.10. The van der Waals surface area contributed by atoms with Gasteiger partial charge in [0.15, 0.2) is 5.13 Å². The number of hydrogen-bond donors (Lipinski definition) is 2. The van der Waals surface area contributed by atoms with Crippen LogP contribution in [0.4, 0.5) is 5.13 Å². The summed E-state index contributed by atoms with van der Waals surface area (Å²) in [6.07, 6.45) is 0. The largest absolute Gasteiger partial charge is 0.347 e. The van der Waals surface area contributed by atoms with Gasteiger partial charge in [0, 0.05) is 17.5 Å². The molecule has 3 aromatic rings. The van der Waals surface area contributed by atoms with Gasteiger partial charge in [0.05, 0.1) is 0 Å². The number of carbonyl (C=O) groups is 2. The maximum absolute atomic E-state index is 12.2. The summed E-state index contributed by atoms with van der Waals surface area (Å²) in [5.41, 5.74) is 3.03. The van der Waals surface area contributed by atoms with Gasteiger partial charge < -0.3 is 5.32 Å². The number of carbonyl (C=O) groups excluding carboxylic acids is 2. The Morgan fingerprint density at radius 2 is 1.72 bits per heavy atom. The van der Waals surface area contributed by atoms with E-state index < -0.39 is 0 Å². The quantitative estimate of drug-likeness (QED) is 0.737. The monoisotopic (exact) mass is 351 g/mol. The molecule has 0 spiro atoms. The predicted octanol–water partition coefficient (Wildman–Crippen LogP) is 3.63. The number of benzene rings is 2. The molecular weight excluding hydrogens is 334 g/mol. The Morgan fingerprint density at radius 1 is 1.00 bits per heavy atom. The maximum atomic E-state index is 12.2. The van der Waals surface area contributed by atoms with Crippen LogP contribution < -0.4 is 10.6 Å². The molecule has 6 heteroatoms. The summed E-state index contributed by atoms with van der Waals surface area (Å²) in [6, 6.07) is 16.8. The number of nitrogens with one attached hydrogen (secondary N) is 2. The highest BCUT2D eigenvalue weighted by Gasteiger charge is 2.13. The van der Waals surface area contributed by atoms with Gasteiger partial charge in [-0.3, -0.25) is 14.9 Å². The number of aromatic nitrogens is 1. The molecule has 2 N–H and O–H groups in total. The molecule has 1 heterocycles. The minimum atomic E-state index is -0.267. The lowest BCUT2D eigenvalue weighted by atomic mass is 10.1. The summed E-state index contributed by atoms with van der Waals surface area (Å²) >= 11 is 1.22. The first kappa shape index (κ1) is 16.9. The van der Waals surface area contributed by atoms with Crippen molar-refractivity contribution in [2.75, 3.05) is 5.32 Å². The van der Waals surface area contributed by atoms with Crippen molar-refractivity contribution in [2.24, 2.45) is 0 Å². The van der Waals surface area contributed by atoms with E-state index in [0.29, 0.717) is 22.9 Å². The number of nitrogens with zero attached hydrogens (tertiary/aromatic N) is 1. The van der Waals surface area contributed by atoms with E-state index in [1.54, 1.807) is 29.6 Å². The van der Waals surface area contributed by atoms with E-state index in [0.717, 1.165) is 5.56 Å². The molecule has 2 amide bonds. The average molecular weight is 351 g/mol. The Labute approximate surface area is 149 Å². The van der Waals surface area contributed by atoms with Crippen LogP contribution in [0.3, 0.4) is 0 Å². The first-order valence-corrected chi connectivity index (χ1v) is 8.65. The third kappa shape index (κ3) is 4.51. The van der Waals surface area contributed by atoms with Gasteiger partial charge in [-0.05, 0) is 24.6 Å². The lowest BCUT2D eigenvalue weighted by molar-refractivity contribution is 0.0945. The molecule has 0 aliphatic heterocycles. The van der Waals surface area contributed by atoms with Crippen molar-refractivity contribution in [1.82, 2.24) is 10.3 Å². The van der Waals surface area contributed by atoms with Gasteiger partial charge in [-0.2, -0.15) is 0 Å². The van der Waals surface area contributed by atoms with E-state index in [1.165, 1.54) is 16.9 Å². The first-order chi connectivity index (χ1) is 12.1. The molecular formula is C19H17N3O2S. The molecule has 3 rings (SSSR count). The second-order valence-electron chi connectivity index (χ2n) is 5.53. The highest BCUT2D eigenvalue weighted by molar-refractivity contribution is 7.14. The smallest absolute Gasteiger partial charge is 0.271 e. The van der Waals surface area contributed by atoms with E-state index in [2.05, 4.69) is 15.6 Å². The molecule has 0 aliphatic rings. The lowest BCUT2D eigenvalue weighted by Crippen LogP contribution is -2.23. The number of hydrogen-bond acceptors (Lipinski definition) is 4. The van der Waals surface area contributed by atoms with Crippen molar-refractivity contribution in [1.29, 1.82) is 0 Å². The van der Waals surface area contributed by atoms with Crippen LogP contribution in [-0.4, -0.2) is 16.8 Å². The summed E-state index contributed by atoms with van der Waals surface area (Å²) in [5, 5.41) is 7.56.